The van der Waals surface area contributed by atoms with Crippen molar-refractivity contribution in [1.29, 1.82) is 0 Å². The van der Waals surface area contributed by atoms with Gasteiger partial charge in [0, 0.05) is 0 Å². The van der Waals surface area contributed by atoms with Crippen molar-refractivity contribution in [1.82, 2.24) is 0 Å². The summed E-state index contributed by atoms with van der Waals surface area (Å²) in [5, 5.41) is 9.01. The number of rotatable bonds is 5. The fraction of sp³-hybridized carbons (Fsp3) is 0.235. The van der Waals surface area contributed by atoms with Gasteiger partial charge in [0.1, 0.15) is 12.4 Å². The van der Waals surface area contributed by atoms with Gasteiger partial charge in [0.05, 0.1) is 11.5 Å². The molecule has 3 nitrogen and oxygen atoms in total. The summed E-state index contributed by atoms with van der Waals surface area (Å²) in [6.07, 6.45) is -4.57. The molecule has 1 atom stereocenters. The number of benzene rings is 2. The van der Waals surface area contributed by atoms with E-state index in [1.165, 1.54) is 13.0 Å². The average molecular weight is 324 g/mol. The van der Waals surface area contributed by atoms with Crippen LogP contribution in [0.1, 0.15) is 29.5 Å². The molecule has 23 heavy (non-hydrogen) atoms. The van der Waals surface area contributed by atoms with E-state index in [9.17, 15) is 18.0 Å². The number of aliphatic carboxylic acids is 1. The molecule has 2 aromatic carbocycles. The quantitative estimate of drug-likeness (QED) is 0.882. The minimum atomic E-state index is -4.57. The zero-order valence-corrected chi connectivity index (χ0v) is 12.3. The zero-order valence-electron chi connectivity index (χ0n) is 12.3. The van der Waals surface area contributed by atoms with Gasteiger partial charge >= 0.3 is 12.1 Å². The van der Waals surface area contributed by atoms with E-state index in [1.54, 1.807) is 24.3 Å². The Morgan fingerprint density at radius 2 is 1.83 bits per heavy atom. The highest BCUT2D eigenvalue weighted by molar-refractivity contribution is 5.75. The lowest BCUT2D eigenvalue weighted by atomic mass is 9.98. The normalized spacial score (nSPS) is 12.7. The van der Waals surface area contributed by atoms with Crippen LogP contribution in [0.25, 0.3) is 0 Å². The minimum absolute atomic E-state index is 0.00761. The first-order chi connectivity index (χ1) is 10.8. The number of hydrogen-bond donors (Lipinski definition) is 1. The second-order valence-electron chi connectivity index (χ2n) is 5.12. The van der Waals surface area contributed by atoms with Gasteiger partial charge in [-0.2, -0.15) is 13.2 Å². The first-order valence-corrected chi connectivity index (χ1v) is 6.89. The number of carboxylic acids is 1. The van der Waals surface area contributed by atoms with Crippen LogP contribution in [0.2, 0.25) is 0 Å². The monoisotopic (exact) mass is 324 g/mol. The molecule has 0 bridgehead atoms. The van der Waals surface area contributed by atoms with Crippen LogP contribution in [0.5, 0.6) is 5.75 Å². The van der Waals surface area contributed by atoms with Gasteiger partial charge in [-0.1, -0.05) is 30.3 Å². The maximum Gasteiger partial charge on any atom is 0.416 e. The third-order valence-corrected chi connectivity index (χ3v) is 3.37. The molecule has 0 aliphatic heterocycles. The van der Waals surface area contributed by atoms with Crippen LogP contribution in [0.4, 0.5) is 13.2 Å². The molecule has 0 radical (unpaired) electrons. The summed E-state index contributed by atoms with van der Waals surface area (Å²) in [4.78, 5) is 11.0. The van der Waals surface area contributed by atoms with Gasteiger partial charge in [-0.05, 0) is 36.2 Å². The second kappa shape index (κ2) is 6.73. The number of ether oxygens (including phenoxy) is 1. The fourth-order valence-corrected chi connectivity index (χ4v) is 2.00. The van der Waals surface area contributed by atoms with Gasteiger partial charge in [-0.3, -0.25) is 4.79 Å². The van der Waals surface area contributed by atoms with Crippen LogP contribution in [-0.2, 0) is 17.6 Å². The van der Waals surface area contributed by atoms with Crippen molar-refractivity contribution in [2.24, 2.45) is 0 Å². The molecule has 0 aliphatic rings. The van der Waals surface area contributed by atoms with E-state index in [1.807, 2.05) is 6.07 Å². The van der Waals surface area contributed by atoms with E-state index in [0.717, 1.165) is 17.7 Å². The molecule has 2 rings (SSSR count). The van der Waals surface area contributed by atoms with E-state index in [2.05, 4.69) is 0 Å². The second-order valence-corrected chi connectivity index (χ2v) is 5.12. The van der Waals surface area contributed by atoms with E-state index in [-0.39, 0.29) is 17.9 Å². The smallest absolute Gasteiger partial charge is 0.416 e. The molecule has 0 aliphatic carbocycles. The standard InChI is InChI=1S/C17H15F3O3/c1-11(16(21)22)13-7-14(17(18,19)20)9-15(8-13)23-10-12-5-3-2-4-6-12/h2-9,11H,10H2,1H3,(H,21,22). The SMILES string of the molecule is CC(C(=O)O)c1cc(OCc2ccccc2)cc(C(F)(F)F)c1. The topological polar surface area (TPSA) is 46.5 Å². The summed E-state index contributed by atoms with van der Waals surface area (Å²) in [6, 6.07) is 12.0. The molecule has 0 saturated heterocycles. The molecular formula is C17H15F3O3. The van der Waals surface area contributed by atoms with E-state index < -0.39 is 23.6 Å². The van der Waals surface area contributed by atoms with Gasteiger partial charge < -0.3 is 9.84 Å². The molecule has 0 amide bonds. The van der Waals surface area contributed by atoms with Crippen LogP contribution >= 0.6 is 0 Å². The lowest BCUT2D eigenvalue weighted by Crippen LogP contribution is -2.11. The fourth-order valence-electron chi connectivity index (χ4n) is 2.00. The summed E-state index contributed by atoms with van der Waals surface area (Å²) in [7, 11) is 0. The molecule has 6 heteroatoms. The molecule has 1 N–H and O–H groups in total. The third kappa shape index (κ3) is 4.48. The van der Waals surface area contributed by atoms with Crippen molar-refractivity contribution in [3.63, 3.8) is 0 Å². The van der Waals surface area contributed by atoms with Crippen molar-refractivity contribution < 1.29 is 27.8 Å². The highest BCUT2D eigenvalue weighted by atomic mass is 19.4. The van der Waals surface area contributed by atoms with Crippen molar-refractivity contribution in [3.05, 3.63) is 65.2 Å². The largest absolute Gasteiger partial charge is 0.489 e. The first-order valence-electron chi connectivity index (χ1n) is 6.89. The summed E-state index contributed by atoms with van der Waals surface area (Å²) in [5.74, 6) is -2.26. The Bertz CT molecular complexity index is 681. The Morgan fingerprint density at radius 3 is 2.39 bits per heavy atom. The highest BCUT2D eigenvalue weighted by Crippen LogP contribution is 2.34. The Kier molecular flexibility index (Phi) is 4.93. The van der Waals surface area contributed by atoms with Gasteiger partial charge in [-0.25, -0.2) is 0 Å². The predicted octanol–water partition coefficient (Wildman–Crippen LogP) is 4.47. The molecule has 0 fully saturated rings. The maximum atomic E-state index is 13.0. The molecule has 0 saturated carbocycles. The van der Waals surface area contributed by atoms with Crippen molar-refractivity contribution in [2.75, 3.05) is 0 Å². The number of carbonyl (C=O) groups is 1. The van der Waals surface area contributed by atoms with E-state index in [4.69, 9.17) is 9.84 Å². The zero-order chi connectivity index (χ0) is 17.0. The number of hydrogen-bond acceptors (Lipinski definition) is 2. The molecule has 0 spiro atoms. The Balaban J connectivity index is 2.30. The highest BCUT2D eigenvalue weighted by Gasteiger charge is 2.32. The van der Waals surface area contributed by atoms with E-state index in [0.29, 0.717) is 0 Å². The molecule has 1 unspecified atom stereocenters. The van der Waals surface area contributed by atoms with E-state index >= 15 is 0 Å². The van der Waals surface area contributed by atoms with Gasteiger partial charge in [0.25, 0.3) is 0 Å². The Labute approximate surface area is 131 Å². The minimum Gasteiger partial charge on any atom is -0.489 e. The summed E-state index contributed by atoms with van der Waals surface area (Å²) in [5.41, 5.74) is -0.0701. The maximum absolute atomic E-state index is 13.0. The van der Waals surface area contributed by atoms with Crippen LogP contribution in [0, 0.1) is 0 Å². The third-order valence-electron chi connectivity index (χ3n) is 3.37. The summed E-state index contributed by atoms with van der Waals surface area (Å²) in [6.45, 7) is 1.43. The molecule has 0 aromatic heterocycles. The Morgan fingerprint density at radius 1 is 1.17 bits per heavy atom. The predicted molar refractivity (Wildman–Crippen MR) is 78.3 cm³/mol. The lowest BCUT2D eigenvalue weighted by Gasteiger charge is -2.15. The van der Waals surface area contributed by atoms with Crippen LogP contribution in [0.15, 0.2) is 48.5 Å². The van der Waals surface area contributed by atoms with Gasteiger partial charge in [0.2, 0.25) is 0 Å². The van der Waals surface area contributed by atoms with Crippen LogP contribution in [0.3, 0.4) is 0 Å². The first kappa shape index (κ1) is 16.9. The number of carboxylic acid groups (broad SMARTS) is 1. The van der Waals surface area contributed by atoms with Crippen LogP contribution in [-0.4, -0.2) is 11.1 Å². The molecule has 2 aromatic rings. The molecule has 0 heterocycles. The van der Waals surface area contributed by atoms with Gasteiger partial charge in [0.15, 0.2) is 0 Å². The Hall–Kier alpha value is -2.50. The average Bonchev–Trinajstić information content (AvgIpc) is 2.52. The molecular weight excluding hydrogens is 309 g/mol. The number of alkyl halides is 3. The van der Waals surface area contributed by atoms with Crippen molar-refractivity contribution >= 4 is 5.97 Å². The van der Waals surface area contributed by atoms with Crippen molar-refractivity contribution in [2.45, 2.75) is 25.6 Å². The van der Waals surface area contributed by atoms with Crippen LogP contribution < -0.4 is 4.74 Å². The summed E-state index contributed by atoms with van der Waals surface area (Å²) < 4.78 is 44.3. The lowest BCUT2D eigenvalue weighted by molar-refractivity contribution is -0.140. The van der Waals surface area contributed by atoms with Crippen molar-refractivity contribution in [3.8, 4) is 5.75 Å². The summed E-state index contributed by atoms with van der Waals surface area (Å²) >= 11 is 0. The molecule has 122 valence electrons. The number of halogens is 3. The van der Waals surface area contributed by atoms with Gasteiger partial charge in [-0.15, -0.1) is 0 Å².